The molecule has 0 bridgehead atoms. The molecule has 1 aromatic carbocycles. The molecular weight excluding hydrogens is 268 g/mol. The molecule has 1 aromatic rings. The van der Waals surface area contributed by atoms with E-state index in [1.807, 2.05) is 12.1 Å². The highest BCUT2D eigenvalue weighted by Gasteiger charge is 2.25. The lowest BCUT2D eigenvalue weighted by atomic mass is 9.84. The number of aryl methyl sites for hydroxylation is 1. The van der Waals surface area contributed by atoms with Gasteiger partial charge in [-0.3, -0.25) is 9.59 Å². The van der Waals surface area contributed by atoms with E-state index in [4.69, 9.17) is 0 Å². The molecule has 0 aliphatic carbocycles. The van der Waals surface area contributed by atoms with Gasteiger partial charge >= 0.3 is 11.9 Å². The standard InChI is InChI=1S/C17H24O4/c1-4-5-6-8-13-9-7-10-14(11(2)16(18)19)15(13)12(3)17(20)21/h7,9-12H,4-6,8H2,1-3H3,(H,18,19)(H,20,21). The van der Waals surface area contributed by atoms with Crippen molar-refractivity contribution in [2.24, 2.45) is 0 Å². The van der Waals surface area contributed by atoms with Crippen molar-refractivity contribution < 1.29 is 19.8 Å². The molecule has 1 rings (SSSR count). The van der Waals surface area contributed by atoms with E-state index in [9.17, 15) is 19.8 Å². The molecule has 4 heteroatoms. The summed E-state index contributed by atoms with van der Waals surface area (Å²) in [4.78, 5) is 22.6. The molecule has 2 N–H and O–H groups in total. The Labute approximate surface area is 125 Å². The molecule has 0 heterocycles. The predicted molar refractivity (Wildman–Crippen MR) is 81.8 cm³/mol. The Morgan fingerprint density at radius 3 is 2.19 bits per heavy atom. The zero-order valence-corrected chi connectivity index (χ0v) is 12.9. The number of hydrogen-bond donors (Lipinski definition) is 2. The fraction of sp³-hybridized carbons (Fsp3) is 0.529. The van der Waals surface area contributed by atoms with Crippen LogP contribution in [0.2, 0.25) is 0 Å². The molecule has 0 radical (unpaired) electrons. The summed E-state index contributed by atoms with van der Waals surface area (Å²) >= 11 is 0. The van der Waals surface area contributed by atoms with Crippen LogP contribution in [0, 0.1) is 0 Å². The van der Waals surface area contributed by atoms with Crippen molar-refractivity contribution in [1.82, 2.24) is 0 Å². The Hall–Kier alpha value is -1.84. The SMILES string of the molecule is CCCCCc1cccc(C(C)C(=O)O)c1C(C)C(=O)O. The molecule has 2 atom stereocenters. The van der Waals surface area contributed by atoms with Gasteiger partial charge in [0.05, 0.1) is 11.8 Å². The zero-order chi connectivity index (χ0) is 16.0. The van der Waals surface area contributed by atoms with Crippen LogP contribution >= 0.6 is 0 Å². The number of carboxylic acids is 2. The van der Waals surface area contributed by atoms with Crippen LogP contribution in [-0.2, 0) is 16.0 Å². The Balaban J connectivity index is 3.26. The first-order valence-electron chi connectivity index (χ1n) is 7.47. The smallest absolute Gasteiger partial charge is 0.310 e. The Kier molecular flexibility index (Phi) is 6.40. The molecule has 0 saturated carbocycles. The van der Waals surface area contributed by atoms with Crippen molar-refractivity contribution in [1.29, 1.82) is 0 Å². The van der Waals surface area contributed by atoms with Gasteiger partial charge in [-0.05, 0) is 43.4 Å². The Morgan fingerprint density at radius 1 is 1.05 bits per heavy atom. The normalized spacial score (nSPS) is 13.7. The van der Waals surface area contributed by atoms with Crippen LogP contribution in [-0.4, -0.2) is 22.2 Å². The number of benzene rings is 1. The van der Waals surface area contributed by atoms with Crippen LogP contribution in [0.3, 0.4) is 0 Å². The summed E-state index contributed by atoms with van der Waals surface area (Å²) in [6.45, 7) is 5.34. The van der Waals surface area contributed by atoms with E-state index in [1.54, 1.807) is 19.9 Å². The van der Waals surface area contributed by atoms with E-state index in [0.29, 0.717) is 11.1 Å². The van der Waals surface area contributed by atoms with Crippen molar-refractivity contribution in [3.05, 3.63) is 34.9 Å². The van der Waals surface area contributed by atoms with Crippen molar-refractivity contribution in [3.63, 3.8) is 0 Å². The maximum atomic E-state index is 11.4. The third-order valence-corrected chi connectivity index (χ3v) is 3.92. The van der Waals surface area contributed by atoms with Gasteiger partial charge in [-0.1, -0.05) is 38.0 Å². The second kappa shape index (κ2) is 7.81. The van der Waals surface area contributed by atoms with E-state index in [0.717, 1.165) is 31.2 Å². The van der Waals surface area contributed by atoms with Crippen LogP contribution in [0.5, 0.6) is 0 Å². The van der Waals surface area contributed by atoms with Gasteiger partial charge in [0.15, 0.2) is 0 Å². The molecule has 2 unspecified atom stereocenters. The molecule has 21 heavy (non-hydrogen) atoms. The van der Waals surface area contributed by atoms with Crippen molar-refractivity contribution >= 4 is 11.9 Å². The summed E-state index contributed by atoms with van der Waals surface area (Å²) in [7, 11) is 0. The highest BCUT2D eigenvalue weighted by molar-refractivity contribution is 5.80. The average Bonchev–Trinajstić information content (AvgIpc) is 2.45. The summed E-state index contributed by atoms with van der Waals surface area (Å²) in [6, 6.07) is 5.48. The second-order valence-corrected chi connectivity index (χ2v) is 5.50. The quantitative estimate of drug-likeness (QED) is 0.715. The number of aliphatic carboxylic acids is 2. The van der Waals surface area contributed by atoms with Crippen molar-refractivity contribution in [3.8, 4) is 0 Å². The first kappa shape index (κ1) is 17.2. The van der Waals surface area contributed by atoms with Crippen molar-refractivity contribution in [2.75, 3.05) is 0 Å². The number of rotatable bonds is 8. The molecule has 116 valence electrons. The lowest BCUT2D eigenvalue weighted by Gasteiger charge is -2.20. The van der Waals surface area contributed by atoms with E-state index in [-0.39, 0.29) is 0 Å². The molecular formula is C17H24O4. The summed E-state index contributed by atoms with van der Waals surface area (Å²) in [6.07, 6.45) is 3.95. The third-order valence-electron chi connectivity index (χ3n) is 3.92. The average molecular weight is 292 g/mol. The number of unbranched alkanes of at least 4 members (excludes halogenated alkanes) is 2. The third kappa shape index (κ3) is 4.31. The van der Waals surface area contributed by atoms with Gasteiger partial charge in [0, 0.05) is 0 Å². The Bertz CT molecular complexity index is 508. The molecule has 4 nitrogen and oxygen atoms in total. The molecule has 0 fully saturated rings. The van der Waals surface area contributed by atoms with Gasteiger partial charge in [-0.15, -0.1) is 0 Å². The van der Waals surface area contributed by atoms with Crippen LogP contribution < -0.4 is 0 Å². The molecule has 0 aliphatic rings. The predicted octanol–water partition coefficient (Wildman–Crippen LogP) is 3.80. The highest BCUT2D eigenvalue weighted by atomic mass is 16.4. The molecule has 0 saturated heterocycles. The van der Waals surface area contributed by atoms with Crippen LogP contribution in [0.15, 0.2) is 18.2 Å². The summed E-state index contributed by atoms with van der Waals surface area (Å²) < 4.78 is 0. The van der Waals surface area contributed by atoms with Gasteiger partial charge in [-0.2, -0.15) is 0 Å². The number of carbonyl (C=O) groups is 2. The van der Waals surface area contributed by atoms with Gasteiger partial charge in [-0.25, -0.2) is 0 Å². The van der Waals surface area contributed by atoms with E-state index >= 15 is 0 Å². The van der Waals surface area contributed by atoms with Gasteiger partial charge in [0.2, 0.25) is 0 Å². The summed E-state index contributed by atoms with van der Waals surface area (Å²) in [5.41, 5.74) is 2.26. The lowest BCUT2D eigenvalue weighted by molar-refractivity contribution is -0.140. The number of carboxylic acid groups (broad SMARTS) is 2. The Morgan fingerprint density at radius 2 is 1.67 bits per heavy atom. The summed E-state index contributed by atoms with van der Waals surface area (Å²) in [5.74, 6) is -3.25. The van der Waals surface area contributed by atoms with Gasteiger partial charge < -0.3 is 10.2 Å². The minimum Gasteiger partial charge on any atom is -0.481 e. The van der Waals surface area contributed by atoms with Crippen LogP contribution in [0.4, 0.5) is 0 Å². The van der Waals surface area contributed by atoms with Gasteiger partial charge in [0.25, 0.3) is 0 Å². The lowest BCUT2D eigenvalue weighted by Crippen LogP contribution is -2.17. The van der Waals surface area contributed by atoms with E-state index in [1.165, 1.54) is 0 Å². The minimum atomic E-state index is -0.931. The van der Waals surface area contributed by atoms with E-state index in [2.05, 4.69) is 6.92 Å². The van der Waals surface area contributed by atoms with Gasteiger partial charge in [0.1, 0.15) is 0 Å². The minimum absolute atomic E-state index is 0.617. The fourth-order valence-electron chi connectivity index (χ4n) is 2.58. The second-order valence-electron chi connectivity index (χ2n) is 5.50. The molecule has 0 aliphatic heterocycles. The largest absolute Gasteiger partial charge is 0.481 e. The maximum Gasteiger partial charge on any atom is 0.310 e. The van der Waals surface area contributed by atoms with Crippen LogP contribution in [0.25, 0.3) is 0 Å². The molecule has 0 aromatic heterocycles. The first-order chi connectivity index (χ1) is 9.90. The van der Waals surface area contributed by atoms with E-state index < -0.39 is 23.8 Å². The van der Waals surface area contributed by atoms with Crippen molar-refractivity contribution in [2.45, 2.75) is 58.3 Å². The molecule has 0 spiro atoms. The zero-order valence-electron chi connectivity index (χ0n) is 12.9. The molecule has 0 amide bonds. The van der Waals surface area contributed by atoms with Crippen LogP contribution in [0.1, 0.15) is 68.6 Å². The highest BCUT2D eigenvalue weighted by Crippen LogP contribution is 2.31. The first-order valence-corrected chi connectivity index (χ1v) is 7.47. The maximum absolute atomic E-state index is 11.4. The summed E-state index contributed by atoms with van der Waals surface area (Å²) in [5, 5.41) is 18.6. The topological polar surface area (TPSA) is 74.6 Å². The fourth-order valence-corrected chi connectivity index (χ4v) is 2.58. The monoisotopic (exact) mass is 292 g/mol. The number of hydrogen-bond acceptors (Lipinski definition) is 2.